The highest BCUT2D eigenvalue weighted by molar-refractivity contribution is 7.92. The number of aromatic nitrogens is 2. The minimum absolute atomic E-state index is 0.0412. The van der Waals surface area contributed by atoms with Crippen molar-refractivity contribution in [3.05, 3.63) is 41.3 Å². The van der Waals surface area contributed by atoms with Crippen molar-refractivity contribution < 1.29 is 22.3 Å². The standard InChI is InChI=1S/C20H25ClFN5O4S/c1-31-17-4-3-13(22)11-15(17)18(28)16-12-25-20(26-19(16)23)27(14-5-8-24-9-6-14)32(29,30)10-2-7-21/h3-4,11-12,14,24H,2,5-10H2,1H3,(H2,23,25,26). The Kier molecular flexibility index (Phi) is 7.86. The SMILES string of the molecule is COc1ccc(F)cc1C(=O)c1cnc(N(C2CCNCC2)S(=O)(=O)CCCCl)nc1N. The van der Waals surface area contributed by atoms with Crippen molar-refractivity contribution in [3.8, 4) is 5.75 Å². The average Bonchev–Trinajstić information content (AvgIpc) is 2.78. The molecule has 0 amide bonds. The second-order valence-electron chi connectivity index (χ2n) is 7.28. The number of hydrogen-bond acceptors (Lipinski definition) is 8. The fourth-order valence-electron chi connectivity index (χ4n) is 3.56. The van der Waals surface area contributed by atoms with Crippen LogP contribution in [-0.2, 0) is 10.0 Å². The van der Waals surface area contributed by atoms with Crippen molar-refractivity contribution in [1.29, 1.82) is 0 Å². The molecule has 9 nitrogen and oxygen atoms in total. The van der Waals surface area contributed by atoms with Crippen molar-refractivity contribution in [3.63, 3.8) is 0 Å². The van der Waals surface area contributed by atoms with E-state index in [2.05, 4.69) is 15.3 Å². The highest BCUT2D eigenvalue weighted by Crippen LogP contribution is 2.27. The molecule has 12 heteroatoms. The summed E-state index contributed by atoms with van der Waals surface area (Å²) >= 11 is 5.70. The average molecular weight is 486 g/mol. The molecule has 3 rings (SSSR count). The quantitative estimate of drug-likeness (QED) is 0.407. The van der Waals surface area contributed by atoms with Gasteiger partial charge >= 0.3 is 0 Å². The van der Waals surface area contributed by atoms with Gasteiger partial charge in [0.2, 0.25) is 21.8 Å². The molecule has 1 fully saturated rings. The molecule has 0 bridgehead atoms. The number of nitrogens with one attached hydrogen (secondary N) is 1. The van der Waals surface area contributed by atoms with E-state index in [1.165, 1.54) is 23.5 Å². The number of alkyl halides is 1. The third-order valence-electron chi connectivity index (χ3n) is 5.13. The number of ketones is 1. The van der Waals surface area contributed by atoms with Crippen LogP contribution in [-0.4, -0.2) is 62.0 Å². The van der Waals surface area contributed by atoms with Crippen LogP contribution >= 0.6 is 11.6 Å². The van der Waals surface area contributed by atoms with Gasteiger partial charge in [0.25, 0.3) is 0 Å². The number of nitrogen functional groups attached to an aromatic ring is 1. The zero-order chi connectivity index (χ0) is 23.3. The predicted octanol–water partition coefficient (Wildman–Crippen LogP) is 1.95. The van der Waals surface area contributed by atoms with E-state index in [9.17, 15) is 17.6 Å². The Labute approximate surface area is 191 Å². The molecular formula is C20H25ClFN5O4S. The largest absolute Gasteiger partial charge is 0.496 e. The number of halogens is 2. The fraction of sp³-hybridized carbons (Fsp3) is 0.450. The second-order valence-corrected chi connectivity index (χ2v) is 9.62. The smallest absolute Gasteiger partial charge is 0.241 e. The highest BCUT2D eigenvalue weighted by atomic mass is 35.5. The minimum atomic E-state index is -3.77. The number of hydrogen-bond donors (Lipinski definition) is 2. The number of benzene rings is 1. The molecule has 0 atom stereocenters. The monoisotopic (exact) mass is 485 g/mol. The van der Waals surface area contributed by atoms with Crippen molar-refractivity contribution >= 4 is 39.2 Å². The number of rotatable bonds is 9. The van der Waals surface area contributed by atoms with Gasteiger partial charge in [0.05, 0.1) is 30.0 Å². The maximum absolute atomic E-state index is 13.7. The van der Waals surface area contributed by atoms with E-state index >= 15 is 0 Å². The van der Waals surface area contributed by atoms with Gasteiger partial charge in [0, 0.05) is 12.1 Å². The zero-order valence-corrected chi connectivity index (χ0v) is 19.1. The van der Waals surface area contributed by atoms with Crippen LogP contribution in [0.3, 0.4) is 0 Å². The molecule has 1 aliphatic rings. The lowest BCUT2D eigenvalue weighted by molar-refractivity contribution is 0.103. The molecule has 0 radical (unpaired) electrons. The van der Waals surface area contributed by atoms with E-state index < -0.39 is 21.6 Å². The first-order valence-corrected chi connectivity index (χ1v) is 12.2. The van der Waals surface area contributed by atoms with Gasteiger partial charge in [-0.25, -0.2) is 22.1 Å². The first-order chi connectivity index (χ1) is 15.3. The van der Waals surface area contributed by atoms with E-state index in [1.54, 1.807) is 0 Å². The lowest BCUT2D eigenvalue weighted by Crippen LogP contribution is -2.48. The molecule has 0 spiro atoms. The summed E-state index contributed by atoms with van der Waals surface area (Å²) in [5, 5.41) is 3.19. The summed E-state index contributed by atoms with van der Waals surface area (Å²) in [4.78, 5) is 21.3. The first-order valence-electron chi connectivity index (χ1n) is 10.1. The normalized spacial score (nSPS) is 14.8. The summed E-state index contributed by atoms with van der Waals surface area (Å²) in [6.45, 7) is 1.30. The lowest BCUT2D eigenvalue weighted by Gasteiger charge is -2.33. The van der Waals surface area contributed by atoms with Crippen LogP contribution in [0.5, 0.6) is 5.75 Å². The van der Waals surface area contributed by atoms with Crippen LogP contribution in [0.2, 0.25) is 0 Å². The number of nitrogens with two attached hydrogens (primary N) is 1. The molecular weight excluding hydrogens is 461 g/mol. The molecule has 174 valence electrons. The van der Waals surface area contributed by atoms with Crippen molar-refractivity contribution in [2.75, 3.05) is 41.9 Å². The molecule has 1 aromatic carbocycles. The number of carbonyl (C=O) groups is 1. The lowest BCUT2D eigenvalue weighted by atomic mass is 10.0. The van der Waals surface area contributed by atoms with Crippen molar-refractivity contribution in [2.24, 2.45) is 0 Å². The van der Waals surface area contributed by atoms with E-state index in [1.807, 2.05) is 0 Å². The predicted molar refractivity (Wildman–Crippen MR) is 120 cm³/mol. The molecule has 0 unspecified atom stereocenters. The topological polar surface area (TPSA) is 128 Å². The number of carbonyl (C=O) groups excluding carboxylic acids is 1. The number of nitrogens with zero attached hydrogens (tertiary/aromatic N) is 3. The number of ether oxygens (including phenoxy) is 1. The Morgan fingerprint density at radius 2 is 2.06 bits per heavy atom. The Hall–Kier alpha value is -2.50. The zero-order valence-electron chi connectivity index (χ0n) is 17.6. The van der Waals surface area contributed by atoms with Crippen LogP contribution < -0.4 is 20.1 Å². The van der Waals surface area contributed by atoms with Crippen molar-refractivity contribution in [1.82, 2.24) is 15.3 Å². The van der Waals surface area contributed by atoms with E-state index in [4.69, 9.17) is 22.1 Å². The van der Waals surface area contributed by atoms with Gasteiger partial charge in [0.1, 0.15) is 17.4 Å². The van der Waals surface area contributed by atoms with Crippen LogP contribution in [0.1, 0.15) is 35.2 Å². The van der Waals surface area contributed by atoms with Gasteiger partial charge in [-0.2, -0.15) is 4.98 Å². The van der Waals surface area contributed by atoms with Gasteiger partial charge in [-0.05, 0) is 50.6 Å². The molecule has 1 saturated heterocycles. The maximum atomic E-state index is 13.7. The van der Waals surface area contributed by atoms with Gasteiger partial charge in [0.15, 0.2) is 0 Å². The van der Waals surface area contributed by atoms with Gasteiger partial charge in [-0.3, -0.25) is 4.79 Å². The molecule has 32 heavy (non-hydrogen) atoms. The number of methoxy groups -OCH3 is 1. The summed E-state index contributed by atoms with van der Waals surface area (Å²) in [5.74, 6) is -1.36. The van der Waals surface area contributed by atoms with Crippen LogP contribution in [0, 0.1) is 5.82 Å². The molecule has 1 aliphatic heterocycles. The van der Waals surface area contributed by atoms with Gasteiger partial charge in [-0.15, -0.1) is 11.6 Å². The summed E-state index contributed by atoms with van der Waals surface area (Å²) in [6.07, 6.45) is 2.58. The molecule has 0 saturated carbocycles. The third kappa shape index (κ3) is 5.28. The van der Waals surface area contributed by atoms with E-state index in [-0.39, 0.29) is 52.7 Å². The van der Waals surface area contributed by atoms with Crippen LogP contribution in [0.15, 0.2) is 24.4 Å². The van der Waals surface area contributed by atoms with Crippen LogP contribution in [0.25, 0.3) is 0 Å². The maximum Gasteiger partial charge on any atom is 0.241 e. The van der Waals surface area contributed by atoms with Gasteiger partial charge < -0.3 is 15.8 Å². The van der Waals surface area contributed by atoms with Crippen LogP contribution in [0.4, 0.5) is 16.2 Å². The van der Waals surface area contributed by atoms with Gasteiger partial charge in [-0.1, -0.05) is 0 Å². The molecule has 1 aromatic heterocycles. The number of anilines is 2. The molecule has 2 aromatic rings. The summed E-state index contributed by atoms with van der Waals surface area (Å²) < 4.78 is 46.2. The second kappa shape index (κ2) is 10.4. The third-order valence-corrected chi connectivity index (χ3v) is 7.26. The first kappa shape index (κ1) is 24.1. The Morgan fingerprint density at radius 1 is 1.34 bits per heavy atom. The van der Waals surface area contributed by atoms with E-state index in [0.29, 0.717) is 25.9 Å². The summed E-state index contributed by atoms with van der Waals surface area (Å²) in [7, 11) is -2.41. The van der Waals surface area contributed by atoms with Crippen molar-refractivity contribution in [2.45, 2.75) is 25.3 Å². The molecule has 0 aliphatic carbocycles. The molecule has 2 heterocycles. The number of piperidine rings is 1. The Balaban J connectivity index is 1.99. The Morgan fingerprint density at radius 3 is 2.69 bits per heavy atom. The highest BCUT2D eigenvalue weighted by Gasteiger charge is 2.33. The fourth-order valence-corrected chi connectivity index (χ4v) is 5.56. The summed E-state index contributed by atoms with van der Waals surface area (Å²) in [6, 6.07) is 3.19. The molecule has 3 N–H and O–H groups in total. The minimum Gasteiger partial charge on any atom is -0.496 e. The summed E-state index contributed by atoms with van der Waals surface area (Å²) in [5.41, 5.74) is 5.91. The number of sulfonamides is 1. The Bertz CT molecular complexity index is 1080. The van der Waals surface area contributed by atoms with E-state index in [0.717, 1.165) is 12.3 Å².